The molecule has 0 fully saturated rings. The van der Waals surface area contributed by atoms with Crippen molar-refractivity contribution in [3.63, 3.8) is 0 Å². The number of halogens is 3. The van der Waals surface area contributed by atoms with Crippen molar-refractivity contribution in [1.82, 2.24) is 0 Å². The van der Waals surface area contributed by atoms with Crippen molar-refractivity contribution >= 4 is 27.5 Å². The lowest BCUT2D eigenvalue weighted by molar-refractivity contribution is 0.0995. The molecule has 0 aromatic heterocycles. The fourth-order valence-corrected chi connectivity index (χ4v) is 2.62. The van der Waals surface area contributed by atoms with Crippen molar-refractivity contribution in [3.8, 4) is 5.75 Å². The van der Waals surface area contributed by atoms with Crippen molar-refractivity contribution < 1.29 is 18.3 Å². The van der Waals surface area contributed by atoms with Gasteiger partial charge in [0, 0.05) is 15.9 Å². The van der Waals surface area contributed by atoms with Gasteiger partial charge in [0.05, 0.1) is 5.56 Å². The molecule has 7 heteroatoms. The summed E-state index contributed by atoms with van der Waals surface area (Å²) in [6, 6.07) is 7.62. The summed E-state index contributed by atoms with van der Waals surface area (Å²) < 4.78 is 33.7. The van der Waals surface area contributed by atoms with Crippen LogP contribution in [-0.2, 0) is 0 Å². The lowest BCUT2D eigenvalue weighted by Crippen LogP contribution is -2.17. The zero-order valence-corrected chi connectivity index (χ0v) is 15.3. The lowest BCUT2D eigenvalue weighted by atomic mass is 10.1. The molecule has 0 aliphatic carbocycles. The number of nitrogens with one attached hydrogen (secondary N) is 1. The Balaban J connectivity index is 2.19. The van der Waals surface area contributed by atoms with E-state index in [2.05, 4.69) is 21.2 Å². The van der Waals surface area contributed by atoms with Crippen LogP contribution in [0.1, 0.15) is 22.8 Å². The van der Waals surface area contributed by atoms with E-state index in [1.54, 1.807) is 13.0 Å². The molecule has 2 aromatic rings. The molecule has 132 valence electrons. The fourth-order valence-electron chi connectivity index (χ4n) is 2.15. The molecular weight excluding hydrogens is 394 g/mol. The third-order valence-corrected chi connectivity index (χ3v) is 4.01. The second kappa shape index (κ2) is 8.11. The molecule has 0 atom stereocenters. The van der Waals surface area contributed by atoms with E-state index in [-0.39, 0.29) is 12.2 Å². The highest BCUT2D eigenvalue weighted by molar-refractivity contribution is 9.10. The summed E-state index contributed by atoms with van der Waals surface area (Å²) in [5.74, 6) is -3.75. The number of aryl methyl sites for hydroxylation is 1. The lowest BCUT2D eigenvalue weighted by Gasteiger charge is -2.16. The van der Waals surface area contributed by atoms with Crippen LogP contribution in [-0.4, -0.2) is 12.5 Å². The Morgan fingerprint density at radius 3 is 2.64 bits per heavy atom. The highest BCUT2D eigenvalue weighted by atomic mass is 79.9. The van der Waals surface area contributed by atoms with E-state index in [1.807, 2.05) is 25.1 Å². The molecule has 0 bridgehead atoms. The molecule has 2 rings (SSSR count). The van der Waals surface area contributed by atoms with E-state index in [0.717, 1.165) is 27.9 Å². The third-order valence-electron chi connectivity index (χ3n) is 3.52. The number of carbonyl (C=O) groups is 1. The summed E-state index contributed by atoms with van der Waals surface area (Å²) in [5.41, 5.74) is 7.42. The molecule has 1 amide bonds. The van der Waals surface area contributed by atoms with Crippen molar-refractivity contribution in [2.45, 2.75) is 13.8 Å². The summed E-state index contributed by atoms with van der Waals surface area (Å²) in [7, 11) is 0. The second-order valence-electron chi connectivity index (χ2n) is 5.29. The predicted molar refractivity (Wildman–Crippen MR) is 96.6 cm³/mol. The number of primary amides is 1. The number of nitrogens with two attached hydrogens (primary N) is 1. The van der Waals surface area contributed by atoms with Crippen molar-refractivity contribution in [2.75, 3.05) is 11.9 Å². The van der Waals surface area contributed by atoms with E-state index in [0.29, 0.717) is 5.70 Å². The molecule has 0 spiro atoms. The van der Waals surface area contributed by atoms with Crippen LogP contribution in [0.4, 0.5) is 14.5 Å². The smallest absolute Gasteiger partial charge is 0.252 e. The van der Waals surface area contributed by atoms with E-state index >= 15 is 0 Å². The molecule has 2 aromatic carbocycles. The van der Waals surface area contributed by atoms with Gasteiger partial charge in [0.15, 0.2) is 11.6 Å². The first-order valence-corrected chi connectivity index (χ1v) is 8.21. The molecular formula is C18H17BrF2N2O2. The SMILES string of the molecule is C/C=C(/COc1c(C(N)=O)ccc(F)c1F)Nc1ccc(Br)cc1C. The fraction of sp³-hybridized carbons (Fsp3) is 0.167. The topological polar surface area (TPSA) is 64.3 Å². The van der Waals surface area contributed by atoms with Crippen LogP contribution in [0.25, 0.3) is 0 Å². The number of amides is 1. The number of hydrogen-bond donors (Lipinski definition) is 2. The van der Waals surface area contributed by atoms with Gasteiger partial charge in [-0.05, 0) is 49.7 Å². The van der Waals surface area contributed by atoms with Crippen LogP contribution in [0.2, 0.25) is 0 Å². The third kappa shape index (κ3) is 4.57. The summed E-state index contributed by atoms with van der Waals surface area (Å²) in [6.07, 6.45) is 1.74. The van der Waals surface area contributed by atoms with Gasteiger partial charge in [0.1, 0.15) is 6.61 Å². The normalized spacial score (nSPS) is 11.3. The maximum absolute atomic E-state index is 14.0. The van der Waals surface area contributed by atoms with Gasteiger partial charge in [-0.2, -0.15) is 4.39 Å². The quantitative estimate of drug-likeness (QED) is 0.734. The maximum atomic E-state index is 14.0. The number of allylic oxidation sites excluding steroid dienone is 1. The first kappa shape index (κ1) is 18.9. The molecule has 0 unspecified atom stereocenters. The Morgan fingerprint density at radius 2 is 2.04 bits per heavy atom. The first-order chi connectivity index (χ1) is 11.8. The largest absolute Gasteiger partial charge is 0.483 e. The molecule has 4 nitrogen and oxygen atoms in total. The highest BCUT2D eigenvalue weighted by Gasteiger charge is 2.19. The number of benzene rings is 2. The molecule has 0 saturated heterocycles. The molecule has 0 aliphatic heterocycles. The monoisotopic (exact) mass is 410 g/mol. The van der Waals surface area contributed by atoms with Gasteiger partial charge in [-0.1, -0.05) is 22.0 Å². The Morgan fingerprint density at radius 1 is 1.32 bits per heavy atom. The minimum atomic E-state index is -1.24. The van der Waals surface area contributed by atoms with Crippen LogP contribution in [0, 0.1) is 18.6 Å². The van der Waals surface area contributed by atoms with E-state index in [4.69, 9.17) is 10.5 Å². The van der Waals surface area contributed by atoms with Gasteiger partial charge >= 0.3 is 0 Å². The minimum absolute atomic E-state index is 0.0906. The number of rotatable bonds is 6. The summed E-state index contributed by atoms with van der Waals surface area (Å²) in [6.45, 7) is 3.61. The van der Waals surface area contributed by atoms with E-state index in [1.165, 1.54) is 0 Å². The van der Waals surface area contributed by atoms with Gasteiger partial charge in [-0.15, -0.1) is 0 Å². The number of anilines is 1. The first-order valence-electron chi connectivity index (χ1n) is 7.42. The molecule has 0 saturated carbocycles. The maximum Gasteiger partial charge on any atom is 0.252 e. The molecule has 3 N–H and O–H groups in total. The average molecular weight is 411 g/mol. The van der Waals surface area contributed by atoms with Gasteiger partial charge in [0.2, 0.25) is 5.82 Å². The van der Waals surface area contributed by atoms with Crippen molar-refractivity contribution in [2.24, 2.45) is 5.73 Å². The standard InChI is InChI=1S/C18H17BrF2N2O2/c1-3-12(23-15-7-4-11(19)8-10(15)2)9-25-17-13(18(22)24)5-6-14(20)16(17)21/h3-8,23H,9H2,1-2H3,(H2,22,24)/b12-3-. The number of hydrogen-bond acceptors (Lipinski definition) is 3. The van der Waals surface area contributed by atoms with Crippen LogP contribution >= 0.6 is 15.9 Å². The summed E-state index contributed by atoms with van der Waals surface area (Å²) in [5, 5.41) is 3.16. The predicted octanol–water partition coefficient (Wildman–Crippen LogP) is 4.53. The van der Waals surface area contributed by atoms with Gasteiger partial charge in [-0.25, -0.2) is 4.39 Å². The molecule has 0 radical (unpaired) electrons. The van der Waals surface area contributed by atoms with Crippen LogP contribution in [0.3, 0.4) is 0 Å². The van der Waals surface area contributed by atoms with Crippen molar-refractivity contribution in [1.29, 1.82) is 0 Å². The number of ether oxygens (including phenoxy) is 1. The summed E-state index contributed by atoms with van der Waals surface area (Å²) >= 11 is 3.39. The van der Waals surface area contributed by atoms with Crippen LogP contribution in [0.5, 0.6) is 5.75 Å². The summed E-state index contributed by atoms with van der Waals surface area (Å²) in [4.78, 5) is 11.4. The second-order valence-corrected chi connectivity index (χ2v) is 6.20. The van der Waals surface area contributed by atoms with E-state index in [9.17, 15) is 13.6 Å². The molecule has 25 heavy (non-hydrogen) atoms. The van der Waals surface area contributed by atoms with Crippen molar-refractivity contribution in [3.05, 3.63) is 69.3 Å². The Bertz CT molecular complexity index is 838. The molecule has 0 heterocycles. The van der Waals surface area contributed by atoms with Gasteiger partial charge in [-0.3, -0.25) is 4.79 Å². The zero-order valence-electron chi connectivity index (χ0n) is 13.7. The Hall–Kier alpha value is -2.41. The number of carbonyl (C=O) groups excluding carboxylic acids is 1. The Kier molecular flexibility index (Phi) is 6.14. The Labute approximate surface area is 152 Å². The van der Waals surface area contributed by atoms with Gasteiger partial charge in [0.25, 0.3) is 5.91 Å². The zero-order chi connectivity index (χ0) is 18.6. The minimum Gasteiger partial charge on any atom is -0.483 e. The highest BCUT2D eigenvalue weighted by Crippen LogP contribution is 2.26. The van der Waals surface area contributed by atoms with Crippen LogP contribution in [0.15, 0.2) is 46.6 Å². The van der Waals surface area contributed by atoms with Gasteiger partial charge < -0.3 is 15.8 Å². The van der Waals surface area contributed by atoms with E-state index < -0.39 is 23.3 Å². The van der Waals surface area contributed by atoms with Crippen LogP contribution < -0.4 is 15.8 Å². The molecule has 0 aliphatic rings. The average Bonchev–Trinajstić information content (AvgIpc) is 2.56.